The van der Waals surface area contributed by atoms with Crippen molar-refractivity contribution in [3.8, 4) is 5.75 Å². The maximum atomic E-state index is 13.0. The molecule has 2 N–H and O–H groups in total. The van der Waals surface area contributed by atoms with E-state index >= 15 is 0 Å². The normalized spacial score (nSPS) is 12.1. The summed E-state index contributed by atoms with van der Waals surface area (Å²) in [7, 11) is 0. The Labute approximate surface area is 118 Å². The molecule has 0 spiro atoms. The van der Waals surface area contributed by atoms with Crippen LogP contribution in [-0.4, -0.2) is 24.9 Å². The van der Waals surface area contributed by atoms with Gasteiger partial charge in [0.05, 0.1) is 12.6 Å². The average Bonchev–Trinajstić information content (AvgIpc) is 2.48. The number of hydrogen-bond acceptors (Lipinski definition) is 3. The third-order valence-corrected chi connectivity index (χ3v) is 2.94. The van der Waals surface area contributed by atoms with E-state index in [4.69, 9.17) is 4.74 Å². The van der Waals surface area contributed by atoms with Crippen molar-refractivity contribution < 1.29 is 14.2 Å². The van der Waals surface area contributed by atoms with Crippen LogP contribution in [0.3, 0.4) is 0 Å². The molecule has 0 saturated carbocycles. The van der Waals surface area contributed by atoms with Crippen LogP contribution in [0.4, 0.5) is 4.39 Å². The third-order valence-electron chi connectivity index (χ3n) is 2.94. The molecule has 0 aliphatic rings. The second-order valence-corrected chi connectivity index (χ2v) is 4.41. The first-order valence-corrected chi connectivity index (χ1v) is 6.57. The van der Waals surface area contributed by atoms with Crippen molar-refractivity contribution in [2.24, 2.45) is 0 Å². The lowest BCUT2D eigenvalue weighted by Crippen LogP contribution is -2.28. The van der Waals surface area contributed by atoms with Crippen LogP contribution in [0.15, 0.2) is 54.6 Å². The van der Waals surface area contributed by atoms with Crippen molar-refractivity contribution >= 4 is 0 Å². The molecule has 0 aliphatic heterocycles. The minimum absolute atomic E-state index is 0.0178. The lowest BCUT2D eigenvalue weighted by Gasteiger charge is -2.16. The minimum atomic E-state index is -0.312. The van der Waals surface area contributed by atoms with Gasteiger partial charge in [-0.15, -0.1) is 0 Å². The molecule has 0 radical (unpaired) electrons. The maximum Gasteiger partial charge on any atom is 0.126 e. The van der Waals surface area contributed by atoms with Gasteiger partial charge < -0.3 is 15.2 Å². The van der Waals surface area contributed by atoms with E-state index in [0.29, 0.717) is 18.9 Å². The fourth-order valence-electron chi connectivity index (χ4n) is 1.93. The van der Waals surface area contributed by atoms with Crippen LogP contribution >= 0.6 is 0 Å². The highest BCUT2D eigenvalue weighted by Gasteiger charge is 2.08. The first-order valence-electron chi connectivity index (χ1n) is 6.57. The Kier molecular flexibility index (Phi) is 5.53. The number of aliphatic hydroxyl groups excluding tert-OH is 1. The van der Waals surface area contributed by atoms with E-state index in [9.17, 15) is 9.50 Å². The van der Waals surface area contributed by atoms with Crippen molar-refractivity contribution in [1.29, 1.82) is 0 Å². The van der Waals surface area contributed by atoms with Crippen molar-refractivity contribution in [3.05, 3.63) is 66.0 Å². The summed E-state index contributed by atoms with van der Waals surface area (Å²) in [5, 5.41) is 12.6. The Bertz CT molecular complexity index is 519. The Morgan fingerprint density at radius 3 is 2.60 bits per heavy atom. The van der Waals surface area contributed by atoms with E-state index in [-0.39, 0.29) is 18.5 Å². The van der Waals surface area contributed by atoms with E-state index in [2.05, 4.69) is 5.32 Å². The molecule has 1 unspecified atom stereocenters. The van der Waals surface area contributed by atoms with Crippen LogP contribution < -0.4 is 10.1 Å². The lowest BCUT2D eigenvalue weighted by atomic mass is 10.1. The third kappa shape index (κ3) is 4.33. The Morgan fingerprint density at radius 1 is 1.10 bits per heavy atom. The lowest BCUT2D eigenvalue weighted by molar-refractivity contribution is 0.232. The number of ether oxygens (including phenoxy) is 1. The van der Waals surface area contributed by atoms with Crippen molar-refractivity contribution in [3.63, 3.8) is 0 Å². The number of aliphatic hydroxyl groups is 1. The molecule has 0 aromatic heterocycles. The van der Waals surface area contributed by atoms with Gasteiger partial charge in [0.25, 0.3) is 0 Å². The molecule has 4 heteroatoms. The molecular weight excluding hydrogens is 257 g/mol. The van der Waals surface area contributed by atoms with Gasteiger partial charge >= 0.3 is 0 Å². The highest BCUT2D eigenvalue weighted by molar-refractivity contribution is 5.22. The summed E-state index contributed by atoms with van der Waals surface area (Å²) in [6, 6.07) is 15.7. The summed E-state index contributed by atoms with van der Waals surface area (Å²) >= 11 is 0. The molecule has 2 aromatic carbocycles. The molecule has 0 amide bonds. The number of halogens is 1. The van der Waals surface area contributed by atoms with Gasteiger partial charge in [-0.25, -0.2) is 4.39 Å². The summed E-state index contributed by atoms with van der Waals surface area (Å²) in [6.45, 7) is 0.993. The molecule has 0 fully saturated rings. The molecular formula is C16H18FNO2. The van der Waals surface area contributed by atoms with E-state index in [0.717, 1.165) is 5.56 Å². The zero-order valence-electron chi connectivity index (χ0n) is 11.1. The summed E-state index contributed by atoms with van der Waals surface area (Å²) in [5.74, 6) is 0.194. The van der Waals surface area contributed by atoms with E-state index in [1.807, 2.05) is 30.3 Å². The van der Waals surface area contributed by atoms with Crippen LogP contribution in [0.25, 0.3) is 0 Å². The minimum Gasteiger partial charge on any atom is -0.492 e. The zero-order chi connectivity index (χ0) is 14.2. The number of nitrogens with one attached hydrogen (secondary N) is 1. The molecule has 0 aliphatic carbocycles. The molecule has 2 rings (SSSR count). The smallest absolute Gasteiger partial charge is 0.126 e. The van der Waals surface area contributed by atoms with Gasteiger partial charge in [-0.2, -0.15) is 0 Å². The topological polar surface area (TPSA) is 41.5 Å². The number of benzene rings is 2. The van der Waals surface area contributed by atoms with E-state index in [1.54, 1.807) is 12.1 Å². The van der Waals surface area contributed by atoms with Crippen LogP contribution in [0.2, 0.25) is 0 Å². The monoisotopic (exact) mass is 275 g/mol. The summed E-state index contributed by atoms with van der Waals surface area (Å²) in [6.07, 6.45) is 0. The first-order chi connectivity index (χ1) is 9.79. The molecule has 0 saturated heterocycles. The molecule has 20 heavy (non-hydrogen) atoms. The van der Waals surface area contributed by atoms with Gasteiger partial charge in [0.2, 0.25) is 0 Å². The van der Waals surface area contributed by atoms with Crippen LogP contribution in [0.1, 0.15) is 11.6 Å². The maximum absolute atomic E-state index is 13.0. The SMILES string of the molecule is OCC(NCCOc1cccc(F)c1)c1ccccc1. The van der Waals surface area contributed by atoms with Gasteiger partial charge in [-0.1, -0.05) is 36.4 Å². The fourth-order valence-corrected chi connectivity index (χ4v) is 1.93. The Morgan fingerprint density at radius 2 is 1.90 bits per heavy atom. The van der Waals surface area contributed by atoms with Crippen LogP contribution in [0.5, 0.6) is 5.75 Å². The standard InChI is InChI=1S/C16H18FNO2/c17-14-7-4-8-15(11-14)20-10-9-18-16(12-19)13-5-2-1-3-6-13/h1-8,11,16,18-19H,9-10,12H2. The summed E-state index contributed by atoms with van der Waals surface area (Å²) < 4.78 is 18.4. The van der Waals surface area contributed by atoms with Crippen molar-refractivity contribution in [2.75, 3.05) is 19.8 Å². The highest BCUT2D eigenvalue weighted by atomic mass is 19.1. The Hall–Kier alpha value is -1.91. The number of hydrogen-bond donors (Lipinski definition) is 2. The predicted octanol–water partition coefficient (Wildman–Crippen LogP) is 2.53. The van der Waals surface area contributed by atoms with Gasteiger partial charge in [-0.3, -0.25) is 0 Å². The van der Waals surface area contributed by atoms with Crippen LogP contribution in [0, 0.1) is 5.82 Å². The second-order valence-electron chi connectivity index (χ2n) is 4.41. The van der Waals surface area contributed by atoms with E-state index < -0.39 is 0 Å². The van der Waals surface area contributed by atoms with Gasteiger partial charge in [-0.05, 0) is 17.7 Å². The predicted molar refractivity (Wildman–Crippen MR) is 76.2 cm³/mol. The molecule has 0 bridgehead atoms. The van der Waals surface area contributed by atoms with Gasteiger partial charge in [0, 0.05) is 12.6 Å². The Balaban J connectivity index is 1.77. The quantitative estimate of drug-likeness (QED) is 0.763. The second kappa shape index (κ2) is 7.62. The molecule has 1 atom stereocenters. The van der Waals surface area contributed by atoms with Gasteiger partial charge in [0.1, 0.15) is 18.2 Å². The number of rotatable bonds is 7. The largest absolute Gasteiger partial charge is 0.492 e. The molecule has 106 valence electrons. The van der Waals surface area contributed by atoms with Crippen molar-refractivity contribution in [2.45, 2.75) is 6.04 Å². The molecule has 2 aromatic rings. The van der Waals surface area contributed by atoms with E-state index in [1.165, 1.54) is 12.1 Å². The van der Waals surface area contributed by atoms with Crippen molar-refractivity contribution in [1.82, 2.24) is 5.32 Å². The zero-order valence-corrected chi connectivity index (χ0v) is 11.1. The average molecular weight is 275 g/mol. The summed E-state index contributed by atoms with van der Waals surface area (Å²) in [4.78, 5) is 0. The van der Waals surface area contributed by atoms with Crippen LogP contribution in [-0.2, 0) is 0 Å². The highest BCUT2D eigenvalue weighted by Crippen LogP contribution is 2.13. The summed E-state index contributed by atoms with van der Waals surface area (Å²) in [5.41, 5.74) is 1.03. The first kappa shape index (κ1) is 14.5. The molecule has 3 nitrogen and oxygen atoms in total. The van der Waals surface area contributed by atoms with Gasteiger partial charge in [0.15, 0.2) is 0 Å². The fraction of sp³-hybridized carbons (Fsp3) is 0.250. The molecule has 0 heterocycles.